The van der Waals surface area contributed by atoms with E-state index in [9.17, 15) is 19.8 Å². The summed E-state index contributed by atoms with van der Waals surface area (Å²) in [7, 11) is 0. The highest BCUT2D eigenvalue weighted by Crippen LogP contribution is 2.26. The summed E-state index contributed by atoms with van der Waals surface area (Å²) >= 11 is 0. The van der Waals surface area contributed by atoms with E-state index in [2.05, 4.69) is 0 Å². The molecule has 0 spiro atoms. The van der Waals surface area contributed by atoms with Crippen LogP contribution in [0, 0.1) is 5.92 Å². The van der Waals surface area contributed by atoms with Gasteiger partial charge in [0.2, 0.25) is 0 Å². The number of amides is 1. The normalized spacial score (nSPS) is 19.2. The summed E-state index contributed by atoms with van der Waals surface area (Å²) in [6, 6.07) is 3.70. The molecule has 0 bridgehead atoms. The molecular weight excluding hydrogens is 250 g/mol. The zero-order chi connectivity index (χ0) is 14.0. The van der Waals surface area contributed by atoms with E-state index < -0.39 is 17.8 Å². The van der Waals surface area contributed by atoms with Gasteiger partial charge in [0.15, 0.2) is 0 Å². The average Bonchev–Trinajstić information content (AvgIpc) is 2.41. The molecule has 19 heavy (non-hydrogen) atoms. The van der Waals surface area contributed by atoms with Crippen LogP contribution >= 0.6 is 0 Å². The van der Waals surface area contributed by atoms with Gasteiger partial charge in [0.05, 0.1) is 11.5 Å². The van der Waals surface area contributed by atoms with E-state index in [1.807, 2.05) is 0 Å². The van der Waals surface area contributed by atoms with Crippen molar-refractivity contribution in [2.24, 2.45) is 5.92 Å². The molecule has 6 heteroatoms. The van der Waals surface area contributed by atoms with Crippen molar-refractivity contribution in [3.8, 4) is 11.5 Å². The Labute approximate surface area is 109 Å². The van der Waals surface area contributed by atoms with Gasteiger partial charge in [0, 0.05) is 13.1 Å². The first-order valence-electron chi connectivity index (χ1n) is 6.03. The van der Waals surface area contributed by atoms with Gasteiger partial charge in [-0.3, -0.25) is 9.59 Å². The fourth-order valence-electron chi connectivity index (χ4n) is 2.23. The number of carboxylic acids is 1. The van der Waals surface area contributed by atoms with Crippen LogP contribution in [-0.4, -0.2) is 45.2 Å². The lowest BCUT2D eigenvalue weighted by Gasteiger charge is -2.30. The number of likely N-dealkylation sites (tertiary alicyclic amines) is 1. The molecule has 1 aromatic carbocycles. The summed E-state index contributed by atoms with van der Waals surface area (Å²) in [6.07, 6.45) is 1.16. The molecule has 0 radical (unpaired) electrons. The predicted octanol–water partition coefficient (Wildman–Crippen LogP) is 1.03. The van der Waals surface area contributed by atoms with Crippen molar-refractivity contribution in [2.75, 3.05) is 13.1 Å². The third-order valence-electron chi connectivity index (χ3n) is 3.27. The van der Waals surface area contributed by atoms with Crippen molar-refractivity contribution in [3.63, 3.8) is 0 Å². The number of rotatable bonds is 2. The van der Waals surface area contributed by atoms with Crippen LogP contribution < -0.4 is 0 Å². The number of hydrogen-bond acceptors (Lipinski definition) is 4. The average molecular weight is 265 g/mol. The summed E-state index contributed by atoms with van der Waals surface area (Å²) in [4.78, 5) is 24.6. The van der Waals surface area contributed by atoms with E-state index >= 15 is 0 Å². The molecule has 3 N–H and O–H groups in total. The van der Waals surface area contributed by atoms with Crippen molar-refractivity contribution < 1.29 is 24.9 Å². The van der Waals surface area contributed by atoms with Crippen molar-refractivity contribution in [2.45, 2.75) is 12.8 Å². The van der Waals surface area contributed by atoms with E-state index in [-0.39, 0.29) is 23.6 Å². The first kappa shape index (κ1) is 13.2. The molecule has 102 valence electrons. The maximum Gasteiger partial charge on any atom is 0.308 e. The third-order valence-corrected chi connectivity index (χ3v) is 3.27. The minimum Gasteiger partial charge on any atom is -0.508 e. The highest BCUT2D eigenvalue weighted by Gasteiger charge is 2.29. The molecule has 0 aliphatic carbocycles. The minimum atomic E-state index is -0.919. The number of aliphatic carboxylic acids is 1. The van der Waals surface area contributed by atoms with Crippen molar-refractivity contribution in [1.82, 2.24) is 4.90 Å². The first-order chi connectivity index (χ1) is 8.99. The zero-order valence-electron chi connectivity index (χ0n) is 10.2. The van der Waals surface area contributed by atoms with E-state index in [1.54, 1.807) is 0 Å². The molecule has 1 aliphatic rings. The van der Waals surface area contributed by atoms with Gasteiger partial charge in [-0.2, -0.15) is 0 Å². The molecule has 1 saturated heterocycles. The van der Waals surface area contributed by atoms with Crippen LogP contribution in [-0.2, 0) is 4.79 Å². The van der Waals surface area contributed by atoms with Gasteiger partial charge in [-0.15, -0.1) is 0 Å². The molecule has 0 unspecified atom stereocenters. The molecule has 1 atom stereocenters. The van der Waals surface area contributed by atoms with Gasteiger partial charge < -0.3 is 20.2 Å². The van der Waals surface area contributed by atoms with Crippen LogP contribution in [0.25, 0.3) is 0 Å². The van der Waals surface area contributed by atoms with E-state index in [0.29, 0.717) is 19.4 Å². The highest BCUT2D eigenvalue weighted by molar-refractivity contribution is 5.97. The molecular formula is C13H15NO5. The molecule has 1 aromatic rings. The lowest BCUT2D eigenvalue weighted by atomic mass is 9.97. The zero-order valence-corrected chi connectivity index (χ0v) is 10.2. The van der Waals surface area contributed by atoms with Crippen LogP contribution in [0.5, 0.6) is 11.5 Å². The quantitative estimate of drug-likeness (QED) is 0.694. The molecule has 1 fully saturated rings. The van der Waals surface area contributed by atoms with Crippen LogP contribution in [0.4, 0.5) is 0 Å². The van der Waals surface area contributed by atoms with Crippen molar-refractivity contribution in [1.29, 1.82) is 0 Å². The number of carboxylic acid groups (broad SMARTS) is 1. The fourth-order valence-corrected chi connectivity index (χ4v) is 2.23. The van der Waals surface area contributed by atoms with Gasteiger partial charge in [0.25, 0.3) is 5.91 Å². The minimum absolute atomic E-state index is 0.00830. The predicted molar refractivity (Wildman–Crippen MR) is 66.0 cm³/mol. The number of carbonyl (C=O) groups is 2. The monoisotopic (exact) mass is 265 g/mol. The molecule has 6 nitrogen and oxygen atoms in total. The molecule has 1 heterocycles. The second-order valence-electron chi connectivity index (χ2n) is 4.63. The molecule has 0 saturated carbocycles. The lowest BCUT2D eigenvalue weighted by Crippen LogP contribution is -2.42. The van der Waals surface area contributed by atoms with Gasteiger partial charge >= 0.3 is 5.97 Å². The Hall–Kier alpha value is -2.24. The third kappa shape index (κ3) is 2.78. The maximum absolute atomic E-state index is 12.2. The van der Waals surface area contributed by atoms with Gasteiger partial charge in [-0.1, -0.05) is 0 Å². The summed E-state index contributed by atoms with van der Waals surface area (Å²) in [5, 5.41) is 28.0. The Morgan fingerprint density at radius 3 is 2.68 bits per heavy atom. The molecule has 0 aromatic heterocycles. The number of phenols is 2. The number of piperidine rings is 1. The van der Waals surface area contributed by atoms with Crippen LogP contribution in [0.2, 0.25) is 0 Å². The van der Waals surface area contributed by atoms with E-state index in [0.717, 1.165) is 0 Å². The largest absolute Gasteiger partial charge is 0.508 e. The number of nitrogens with zero attached hydrogens (tertiary/aromatic N) is 1. The SMILES string of the molecule is O=C(O)[C@H]1CCCN(C(=O)c2cc(O)ccc2O)C1. The van der Waals surface area contributed by atoms with Crippen LogP contribution in [0.15, 0.2) is 18.2 Å². The summed E-state index contributed by atoms with van der Waals surface area (Å²) in [5.74, 6) is -2.29. The topological polar surface area (TPSA) is 98.1 Å². The second kappa shape index (κ2) is 5.17. The summed E-state index contributed by atoms with van der Waals surface area (Å²) in [6.45, 7) is 0.584. The Bertz CT molecular complexity index is 514. The van der Waals surface area contributed by atoms with Gasteiger partial charge in [-0.05, 0) is 31.0 Å². The van der Waals surface area contributed by atoms with E-state index in [1.165, 1.54) is 23.1 Å². The fraction of sp³-hybridized carbons (Fsp3) is 0.385. The van der Waals surface area contributed by atoms with E-state index in [4.69, 9.17) is 5.11 Å². The maximum atomic E-state index is 12.2. The summed E-state index contributed by atoms with van der Waals surface area (Å²) in [5.41, 5.74) is -0.00830. The second-order valence-corrected chi connectivity index (χ2v) is 4.63. The molecule has 1 amide bonds. The Kier molecular flexibility index (Phi) is 3.59. The van der Waals surface area contributed by atoms with Crippen LogP contribution in [0.1, 0.15) is 23.2 Å². The number of phenolic OH excluding ortho intramolecular Hbond substituents is 2. The van der Waals surface area contributed by atoms with Gasteiger partial charge in [-0.25, -0.2) is 0 Å². The first-order valence-corrected chi connectivity index (χ1v) is 6.03. The Morgan fingerprint density at radius 1 is 1.26 bits per heavy atom. The highest BCUT2D eigenvalue weighted by atomic mass is 16.4. The van der Waals surface area contributed by atoms with Crippen molar-refractivity contribution >= 4 is 11.9 Å². The number of benzene rings is 1. The Balaban J connectivity index is 2.19. The van der Waals surface area contributed by atoms with Crippen molar-refractivity contribution in [3.05, 3.63) is 23.8 Å². The van der Waals surface area contributed by atoms with Crippen LogP contribution in [0.3, 0.4) is 0 Å². The lowest BCUT2D eigenvalue weighted by molar-refractivity contribution is -0.143. The smallest absolute Gasteiger partial charge is 0.308 e. The van der Waals surface area contributed by atoms with Gasteiger partial charge in [0.1, 0.15) is 11.5 Å². The summed E-state index contributed by atoms with van der Waals surface area (Å²) < 4.78 is 0. The number of hydrogen-bond donors (Lipinski definition) is 3. The standard InChI is InChI=1S/C13H15NO5/c15-9-3-4-11(16)10(6-9)12(17)14-5-1-2-8(7-14)13(18)19/h3-4,6,8,15-16H,1-2,5,7H2,(H,18,19)/t8-/m0/s1. The number of carbonyl (C=O) groups excluding carboxylic acids is 1. The number of aromatic hydroxyl groups is 2. The molecule has 1 aliphatic heterocycles. The molecule has 2 rings (SSSR count). The Morgan fingerprint density at radius 2 is 2.00 bits per heavy atom.